The van der Waals surface area contributed by atoms with Crippen LogP contribution in [0, 0.1) is 17.0 Å². The van der Waals surface area contributed by atoms with Crippen LogP contribution in [0.5, 0.6) is 0 Å². The van der Waals surface area contributed by atoms with Crippen molar-refractivity contribution in [1.82, 2.24) is 10.1 Å². The molecule has 0 amide bonds. The van der Waals surface area contributed by atoms with Crippen LogP contribution in [-0.2, 0) is 6.18 Å². The molecule has 0 aliphatic heterocycles. The Morgan fingerprint density at radius 2 is 2.13 bits per heavy atom. The van der Waals surface area contributed by atoms with Crippen molar-refractivity contribution in [2.24, 2.45) is 0 Å². The first-order valence-corrected chi connectivity index (χ1v) is 6.64. The maximum absolute atomic E-state index is 12.7. The number of rotatable bonds is 5. The van der Waals surface area contributed by atoms with E-state index in [0.29, 0.717) is 18.4 Å². The fraction of sp³-hybridized carbons (Fsp3) is 0.385. The lowest BCUT2D eigenvalue weighted by Crippen LogP contribution is -2.13. The zero-order valence-corrected chi connectivity index (χ0v) is 12.2. The summed E-state index contributed by atoms with van der Waals surface area (Å²) in [5.41, 5.74) is -1.80. The van der Waals surface area contributed by atoms with Crippen LogP contribution in [0.4, 0.5) is 24.5 Å². The highest BCUT2D eigenvalue weighted by atomic mass is 19.4. The second-order valence-electron chi connectivity index (χ2n) is 4.76. The molecule has 0 aliphatic rings. The number of nitrogens with one attached hydrogen (secondary N) is 1. The Bertz CT molecular complexity index is 715. The molecule has 124 valence electrons. The first-order valence-electron chi connectivity index (χ1n) is 6.64. The van der Waals surface area contributed by atoms with Gasteiger partial charge in [-0.3, -0.25) is 10.1 Å². The lowest BCUT2D eigenvalue weighted by Gasteiger charge is -2.15. The summed E-state index contributed by atoms with van der Waals surface area (Å²) in [7, 11) is 0. The Hall–Kier alpha value is -2.65. The van der Waals surface area contributed by atoms with E-state index in [2.05, 4.69) is 15.5 Å². The smallest absolute Gasteiger partial charge is 0.369 e. The second kappa shape index (κ2) is 6.23. The lowest BCUT2D eigenvalue weighted by atomic mass is 10.1. The van der Waals surface area contributed by atoms with E-state index in [1.54, 1.807) is 13.8 Å². The molecule has 0 bridgehead atoms. The lowest BCUT2D eigenvalue weighted by molar-refractivity contribution is -0.384. The van der Waals surface area contributed by atoms with Crippen molar-refractivity contribution in [2.75, 3.05) is 5.32 Å². The molecule has 0 aliphatic carbocycles. The van der Waals surface area contributed by atoms with Crippen molar-refractivity contribution in [2.45, 2.75) is 32.5 Å². The zero-order chi connectivity index (χ0) is 17.2. The molecular formula is C13H13F3N4O3. The summed E-state index contributed by atoms with van der Waals surface area (Å²) in [6.45, 7) is 3.36. The normalized spacial score (nSPS) is 12.9. The third kappa shape index (κ3) is 3.76. The van der Waals surface area contributed by atoms with Gasteiger partial charge in [-0.2, -0.15) is 18.2 Å². The number of hydrogen-bond donors (Lipinski definition) is 1. The fourth-order valence-electron chi connectivity index (χ4n) is 1.97. The first kappa shape index (κ1) is 16.7. The molecular weight excluding hydrogens is 317 g/mol. The van der Waals surface area contributed by atoms with Crippen LogP contribution < -0.4 is 5.32 Å². The molecule has 0 fully saturated rings. The standard InChI is InChI=1S/C13H13F3N4O3/c1-3-9(12-17-7(2)23-19-12)18-10-5-4-8(13(14,15)16)6-11(10)20(21)22/h4-6,9,18H,3H2,1-2H3/t9-/m1/s1. The highest BCUT2D eigenvalue weighted by Crippen LogP contribution is 2.36. The van der Waals surface area contributed by atoms with Crippen molar-refractivity contribution >= 4 is 11.4 Å². The van der Waals surface area contributed by atoms with Crippen molar-refractivity contribution < 1.29 is 22.6 Å². The van der Waals surface area contributed by atoms with Crippen LogP contribution in [0.3, 0.4) is 0 Å². The van der Waals surface area contributed by atoms with E-state index in [4.69, 9.17) is 4.52 Å². The summed E-state index contributed by atoms with van der Waals surface area (Å²) in [5, 5.41) is 17.6. The Morgan fingerprint density at radius 1 is 1.43 bits per heavy atom. The highest BCUT2D eigenvalue weighted by Gasteiger charge is 2.33. The van der Waals surface area contributed by atoms with Crippen molar-refractivity contribution in [3.63, 3.8) is 0 Å². The molecule has 10 heteroatoms. The molecule has 1 atom stereocenters. The molecule has 1 aromatic heterocycles. The van der Waals surface area contributed by atoms with E-state index in [1.165, 1.54) is 0 Å². The molecule has 1 N–H and O–H groups in total. The quantitative estimate of drug-likeness (QED) is 0.660. The average Bonchev–Trinajstić information content (AvgIpc) is 2.89. The van der Waals surface area contributed by atoms with Gasteiger partial charge in [0.05, 0.1) is 16.5 Å². The molecule has 2 aromatic rings. The number of aryl methyl sites for hydroxylation is 1. The second-order valence-corrected chi connectivity index (χ2v) is 4.76. The van der Waals surface area contributed by atoms with Gasteiger partial charge in [0.25, 0.3) is 5.69 Å². The van der Waals surface area contributed by atoms with Gasteiger partial charge in [-0.25, -0.2) is 0 Å². The minimum atomic E-state index is -4.65. The van der Waals surface area contributed by atoms with Crippen LogP contribution in [0.2, 0.25) is 0 Å². The van der Waals surface area contributed by atoms with Gasteiger partial charge in [-0.15, -0.1) is 0 Å². The molecule has 0 radical (unpaired) electrons. The van der Waals surface area contributed by atoms with Gasteiger partial charge < -0.3 is 9.84 Å². The molecule has 7 nitrogen and oxygen atoms in total. The molecule has 0 saturated carbocycles. The van der Waals surface area contributed by atoms with E-state index in [-0.39, 0.29) is 11.5 Å². The number of aromatic nitrogens is 2. The molecule has 0 spiro atoms. The van der Waals surface area contributed by atoms with Crippen LogP contribution in [-0.4, -0.2) is 15.1 Å². The van der Waals surface area contributed by atoms with Crippen molar-refractivity contribution in [1.29, 1.82) is 0 Å². The van der Waals surface area contributed by atoms with E-state index in [9.17, 15) is 23.3 Å². The summed E-state index contributed by atoms with van der Waals surface area (Å²) in [6.07, 6.45) is -4.20. The van der Waals surface area contributed by atoms with Crippen LogP contribution >= 0.6 is 0 Å². The zero-order valence-electron chi connectivity index (χ0n) is 12.2. The van der Waals surface area contributed by atoms with Crippen molar-refractivity contribution in [3.05, 3.63) is 45.6 Å². The highest BCUT2D eigenvalue weighted by molar-refractivity contribution is 5.63. The topological polar surface area (TPSA) is 94.1 Å². The minimum absolute atomic E-state index is 0.0442. The van der Waals surface area contributed by atoms with E-state index in [0.717, 1.165) is 12.1 Å². The number of hydrogen-bond acceptors (Lipinski definition) is 6. The maximum Gasteiger partial charge on any atom is 0.416 e. The summed E-state index contributed by atoms with van der Waals surface area (Å²) in [4.78, 5) is 14.2. The molecule has 1 heterocycles. The van der Waals surface area contributed by atoms with Crippen molar-refractivity contribution in [3.8, 4) is 0 Å². The SMILES string of the molecule is CC[C@@H](Nc1ccc(C(F)(F)F)cc1[N+](=O)[O-])c1noc(C)n1. The number of nitro groups is 1. The van der Waals surface area contributed by atoms with Crippen LogP contribution in [0.15, 0.2) is 22.7 Å². The molecule has 0 saturated heterocycles. The number of nitrogens with zero attached hydrogens (tertiary/aromatic N) is 3. The van der Waals surface area contributed by atoms with Gasteiger partial charge in [0, 0.05) is 13.0 Å². The third-order valence-corrected chi connectivity index (χ3v) is 3.11. The maximum atomic E-state index is 12.7. The minimum Gasteiger partial charge on any atom is -0.369 e. The van der Waals surface area contributed by atoms with E-state index < -0.39 is 28.4 Å². The molecule has 0 unspecified atom stereocenters. The Kier molecular flexibility index (Phi) is 4.52. The van der Waals surface area contributed by atoms with Gasteiger partial charge >= 0.3 is 6.18 Å². The van der Waals surface area contributed by atoms with Gasteiger partial charge in [0.2, 0.25) is 5.89 Å². The van der Waals surface area contributed by atoms with Gasteiger partial charge in [0.1, 0.15) is 5.69 Å². The van der Waals surface area contributed by atoms with Gasteiger partial charge in [-0.1, -0.05) is 12.1 Å². The Morgan fingerprint density at radius 3 is 2.61 bits per heavy atom. The molecule has 2 rings (SSSR count). The molecule has 1 aromatic carbocycles. The summed E-state index contributed by atoms with van der Waals surface area (Å²) < 4.78 is 42.9. The Balaban J connectivity index is 2.36. The number of alkyl halides is 3. The third-order valence-electron chi connectivity index (χ3n) is 3.11. The number of benzene rings is 1. The predicted molar refractivity (Wildman–Crippen MR) is 73.8 cm³/mol. The summed E-state index contributed by atoms with van der Waals surface area (Å²) in [6, 6.07) is 1.78. The van der Waals surface area contributed by atoms with Gasteiger partial charge in [0.15, 0.2) is 5.82 Å². The van der Waals surface area contributed by atoms with E-state index in [1.807, 2.05) is 0 Å². The first-order chi connectivity index (χ1) is 10.7. The van der Waals surface area contributed by atoms with Crippen LogP contribution in [0.1, 0.15) is 36.7 Å². The monoisotopic (exact) mass is 330 g/mol. The number of anilines is 1. The summed E-state index contributed by atoms with van der Waals surface area (Å²) in [5.74, 6) is 0.598. The number of nitro benzene ring substituents is 1. The predicted octanol–water partition coefficient (Wildman–Crippen LogP) is 3.87. The van der Waals surface area contributed by atoms with Gasteiger partial charge in [-0.05, 0) is 18.6 Å². The van der Waals surface area contributed by atoms with Crippen LogP contribution in [0.25, 0.3) is 0 Å². The largest absolute Gasteiger partial charge is 0.416 e. The molecule has 23 heavy (non-hydrogen) atoms. The Labute approximate surface area is 128 Å². The summed E-state index contributed by atoms with van der Waals surface area (Å²) >= 11 is 0. The fourth-order valence-corrected chi connectivity index (χ4v) is 1.97. The number of halogens is 3. The van der Waals surface area contributed by atoms with E-state index >= 15 is 0 Å². The average molecular weight is 330 g/mol.